The molecule has 0 spiro atoms. The normalized spacial score (nSPS) is 28.4. The van der Waals surface area contributed by atoms with E-state index >= 15 is 0 Å². The third-order valence-electron chi connectivity index (χ3n) is 5.57. The van der Waals surface area contributed by atoms with E-state index in [1.54, 1.807) is 32.0 Å². The van der Waals surface area contributed by atoms with E-state index in [9.17, 15) is 33.6 Å². The summed E-state index contributed by atoms with van der Waals surface area (Å²) in [6.07, 6.45) is -9.55. The molecule has 0 saturated carbocycles. The fourth-order valence-electron chi connectivity index (χ4n) is 3.83. The average molecular weight is 427 g/mol. The van der Waals surface area contributed by atoms with Gasteiger partial charge in [0.05, 0.1) is 24.0 Å². The van der Waals surface area contributed by atoms with Crippen molar-refractivity contribution in [1.82, 2.24) is 4.98 Å². The molecule has 9 heteroatoms. The molecule has 1 saturated heterocycles. The maximum atomic E-state index is 13.0. The highest BCUT2D eigenvalue weighted by Gasteiger charge is 2.45. The van der Waals surface area contributed by atoms with Crippen LogP contribution in [0.3, 0.4) is 0 Å². The predicted octanol–water partition coefficient (Wildman–Crippen LogP) is 2.02. The first-order chi connectivity index (χ1) is 14.0. The van der Waals surface area contributed by atoms with Crippen molar-refractivity contribution in [2.24, 2.45) is 0 Å². The van der Waals surface area contributed by atoms with Crippen molar-refractivity contribution >= 4 is 0 Å². The largest absolute Gasteiger partial charge is 0.416 e. The van der Waals surface area contributed by atoms with Crippen LogP contribution < -0.4 is 0 Å². The van der Waals surface area contributed by atoms with Crippen molar-refractivity contribution < 1.29 is 38.3 Å². The summed E-state index contributed by atoms with van der Waals surface area (Å²) in [5.41, 5.74) is 1.37. The second kappa shape index (κ2) is 8.60. The van der Waals surface area contributed by atoms with E-state index in [0.29, 0.717) is 5.56 Å². The maximum Gasteiger partial charge on any atom is 0.416 e. The van der Waals surface area contributed by atoms with Crippen molar-refractivity contribution in [3.05, 3.63) is 53.2 Å². The van der Waals surface area contributed by atoms with Crippen LogP contribution in [0.15, 0.2) is 36.5 Å². The van der Waals surface area contributed by atoms with Gasteiger partial charge in [0.25, 0.3) is 0 Å². The number of ether oxygens (including phenoxy) is 1. The predicted molar refractivity (Wildman–Crippen MR) is 102 cm³/mol. The Morgan fingerprint density at radius 1 is 1.07 bits per heavy atom. The lowest BCUT2D eigenvalue weighted by molar-refractivity contribution is -0.233. The molecular weight excluding hydrogens is 403 g/mol. The molecule has 2 aromatic rings. The van der Waals surface area contributed by atoms with Crippen LogP contribution in [0, 0.1) is 6.92 Å². The number of halogens is 3. The lowest BCUT2D eigenvalue weighted by atomic mass is 9.83. The number of nitrogens with zero attached hydrogens (tertiary/aromatic N) is 1. The summed E-state index contributed by atoms with van der Waals surface area (Å²) in [7, 11) is 0. The molecule has 1 aromatic heterocycles. The second-order valence-corrected chi connectivity index (χ2v) is 7.58. The van der Waals surface area contributed by atoms with Crippen LogP contribution in [0.5, 0.6) is 0 Å². The third kappa shape index (κ3) is 4.35. The van der Waals surface area contributed by atoms with Gasteiger partial charge in [0.2, 0.25) is 0 Å². The highest BCUT2D eigenvalue weighted by Crippen LogP contribution is 2.35. The SMILES string of the molecule is Cc1cc(-c2cc(C(F)(F)F)ccn2)ccc1[C@@H](C)[C@H]1OC(CO)[C@@H](O)[C@H](O)C1O. The van der Waals surface area contributed by atoms with Crippen molar-refractivity contribution in [2.75, 3.05) is 6.61 Å². The number of pyridine rings is 1. The zero-order valence-corrected chi connectivity index (χ0v) is 16.4. The molecule has 3 rings (SSSR count). The molecule has 6 nitrogen and oxygen atoms in total. The first-order valence-electron chi connectivity index (χ1n) is 9.49. The number of aliphatic hydroxyl groups is 4. The van der Waals surface area contributed by atoms with Gasteiger partial charge in [-0.05, 0) is 36.2 Å². The van der Waals surface area contributed by atoms with E-state index in [2.05, 4.69) is 4.98 Å². The van der Waals surface area contributed by atoms with E-state index in [-0.39, 0.29) is 5.69 Å². The van der Waals surface area contributed by atoms with Gasteiger partial charge in [-0.15, -0.1) is 0 Å². The number of hydrogen-bond donors (Lipinski definition) is 4. The van der Waals surface area contributed by atoms with Gasteiger partial charge in [0.1, 0.15) is 24.4 Å². The Balaban J connectivity index is 1.88. The summed E-state index contributed by atoms with van der Waals surface area (Å²) >= 11 is 0. The lowest BCUT2D eigenvalue weighted by Gasteiger charge is -2.42. The number of benzene rings is 1. The Kier molecular flexibility index (Phi) is 6.49. The minimum atomic E-state index is -4.47. The number of aryl methyl sites for hydroxylation is 1. The van der Waals surface area contributed by atoms with Gasteiger partial charge >= 0.3 is 6.18 Å². The Bertz CT molecular complexity index is 889. The van der Waals surface area contributed by atoms with Crippen LogP contribution in [0.1, 0.15) is 29.5 Å². The van der Waals surface area contributed by atoms with E-state index in [0.717, 1.165) is 29.5 Å². The number of rotatable bonds is 4. The molecule has 0 bridgehead atoms. The Hall–Kier alpha value is -2.04. The fourth-order valence-corrected chi connectivity index (χ4v) is 3.83. The number of aliphatic hydroxyl groups excluding tert-OH is 4. The number of aromatic nitrogens is 1. The second-order valence-electron chi connectivity index (χ2n) is 7.58. The topological polar surface area (TPSA) is 103 Å². The molecule has 1 aromatic carbocycles. The van der Waals surface area contributed by atoms with Crippen LogP contribution in [-0.4, -0.2) is 62.5 Å². The first-order valence-corrected chi connectivity index (χ1v) is 9.49. The molecule has 1 aliphatic heterocycles. The highest BCUT2D eigenvalue weighted by molar-refractivity contribution is 5.62. The fraction of sp³-hybridized carbons (Fsp3) is 0.476. The van der Waals surface area contributed by atoms with Gasteiger partial charge in [0.15, 0.2) is 0 Å². The number of alkyl halides is 3. The third-order valence-corrected chi connectivity index (χ3v) is 5.57. The van der Waals surface area contributed by atoms with Crippen molar-refractivity contribution in [3.8, 4) is 11.3 Å². The Morgan fingerprint density at radius 3 is 2.37 bits per heavy atom. The summed E-state index contributed by atoms with van der Waals surface area (Å²) < 4.78 is 44.5. The first kappa shape index (κ1) is 22.6. The smallest absolute Gasteiger partial charge is 0.394 e. The van der Waals surface area contributed by atoms with E-state index in [1.165, 1.54) is 0 Å². The molecule has 1 fully saturated rings. The van der Waals surface area contributed by atoms with Gasteiger partial charge in [0, 0.05) is 17.7 Å². The maximum absolute atomic E-state index is 13.0. The molecule has 30 heavy (non-hydrogen) atoms. The number of hydrogen-bond acceptors (Lipinski definition) is 6. The zero-order valence-electron chi connectivity index (χ0n) is 16.4. The summed E-state index contributed by atoms with van der Waals surface area (Å²) in [4.78, 5) is 4.03. The van der Waals surface area contributed by atoms with Crippen molar-refractivity contribution in [1.29, 1.82) is 0 Å². The molecule has 0 amide bonds. The molecule has 2 heterocycles. The molecular formula is C21H24F3NO5. The van der Waals surface area contributed by atoms with E-state index in [1.807, 2.05) is 0 Å². The summed E-state index contributed by atoms with van der Waals surface area (Å²) in [5.74, 6) is -0.431. The van der Waals surface area contributed by atoms with Gasteiger partial charge in [-0.3, -0.25) is 4.98 Å². The van der Waals surface area contributed by atoms with Gasteiger partial charge in [-0.25, -0.2) is 0 Å². The Labute approximate surface area is 171 Å². The van der Waals surface area contributed by atoms with E-state index in [4.69, 9.17) is 4.74 Å². The standard InChI is InChI=1S/C21H24F3NO5/c1-10-7-12(15-8-13(5-6-25-15)21(22,23)24)3-4-14(10)11(2)20-19(29)18(28)17(27)16(9-26)30-20/h3-8,11,16-20,26-29H,9H2,1-2H3/t11-,16?,17-,18+,19?,20-/m1/s1. The molecule has 1 aliphatic rings. The van der Waals surface area contributed by atoms with Gasteiger partial charge < -0.3 is 25.2 Å². The van der Waals surface area contributed by atoms with Crippen LogP contribution in [0.2, 0.25) is 0 Å². The molecule has 2 unspecified atom stereocenters. The molecule has 6 atom stereocenters. The monoisotopic (exact) mass is 427 g/mol. The van der Waals surface area contributed by atoms with Gasteiger partial charge in [-0.2, -0.15) is 13.2 Å². The Morgan fingerprint density at radius 2 is 1.77 bits per heavy atom. The molecule has 0 radical (unpaired) electrons. The van der Waals surface area contributed by atoms with Crippen LogP contribution in [0.4, 0.5) is 13.2 Å². The van der Waals surface area contributed by atoms with Crippen LogP contribution in [0.25, 0.3) is 11.3 Å². The quantitative estimate of drug-likeness (QED) is 0.596. The van der Waals surface area contributed by atoms with Gasteiger partial charge in [-0.1, -0.05) is 19.1 Å². The average Bonchev–Trinajstić information content (AvgIpc) is 2.71. The van der Waals surface area contributed by atoms with Crippen molar-refractivity contribution in [3.63, 3.8) is 0 Å². The molecule has 0 aliphatic carbocycles. The zero-order chi connectivity index (χ0) is 22.2. The van der Waals surface area contributed by atoms with E-state index < -0.39 is 54.8 Å². The molecule has 164 valence electrons. The highest BCUT2D eigenvalue weighted by atomic mass is 19.4. The minimum Gasteiger partial charge on any atom is -0.394 e. The van der Waals surface area contributed by atoms with Crippen molar-refractivity contribution in [2.45, 2.75) is 56.5 Å². The van der Waals surface area contributed by atoms with Crippen LogP contribution in [-0.2, 0) is 10.9 Å². The summed E-state index contributed by atoms with van der Waals surface area (Å²) in [6.45, 7) is 3.01. The summed E-state index contributed by atoms with van der Waals surface area (Å²) in [6, 6.07) is 6.92. The lowest BCUT2D eigenvalue weighted by Crippen LogP contribution is -2.59. The summed E-state index contributed by atoms with van der Waals surface area (Å²) in [5, 5.41) is 39.7. The van der Waals surface area contributed by atoms with Crippen LogP contribution >= 0.6 is 0 Å². The molecule has 4 N–H and O–H groups in total. The minimum absolute atomic E-state index is 0.181.